The molecule has 0 radical (unpaired) electrons. The van der Waals surface area contributed by atoms with Gasteiger partial charge in [0.15, 0.2) is 5.92 Å². The Balaban J connectivity index is 3.91. The second-order valence-electron chi connectivity index (χ2n) is 1.82. The molecule has 0 saturated carbocycles. The van der Waals surface area contributed by atoms with Crippen LogP contribution in [0.15, 0.2) is 0 Å². The Morgan fingerprint density at radius 2 is 2.00 bits per heavy atom. The van der Waals surface area contributed by atoms with Gasteiger partial charge in [-0.2, -0.15) is 0 Å². The van der Waals surface area contributed by atoms with E-state index in [1.165, 1.54) is 14.0 Å². The second kappa shape index (κ2) is 5.12. The van der Waals surface area contributed by atoms with Crippen molar-refractivity contribution in [3.8, 4) is 0 Å². The Kier molecular flexibility index (Phi) is 4.85. The summed E-state index contributed by atoms with van der Waals surface area (Å²) in [6, 6.07) is 0. The van der Waals surface area contributed by atoms with E-state index in [4.69, 9.17) is 0 Å². The number of hydrogen-bond donors (Lipinski definition) is 0. The lowest BCUT2D eigenvalue weighted by Crippen LogP contribution is -2.23. The van der Waals surface area contributed by atoms with Crippen molar-refractivity contribution >= 4 is 27.9 Å². The first-order valence-electron chi connectivity index (χ1n) is 2.94. The molecule has 0 saturated heterocycles. The molecule has 1 atom stereocenters. The zero-order chi connectivity index (χ0) is 8.85. The van der Waals surface area contributed by atoms with Crippen LogP contribution in [0.1, 0.15) is 6.92 Å². The van der Waals surface area contributed by atoms with Crippen LogP contribution >= 0.6 is 15.9 Å². The molecule has 0 heterocycles. The lowest BCUT2D eigenvalue weighted by atomic mass is 10.2. The Labute approximate surface area is 73.0 Å². The monoisotopic (exact) mass is 224 g/mol. The number of halogens is 1. The van der Waals surface area contributed by atoms with Crippen LogP contribution in [0.5, 0.6) is 0 Å². The summed E-state index contributed by atoms with van der Waals surface area (Å²) < 4.78 is 8.83. The molecule has 0 aliphatic heterocycles. The summed E-state index contributed by atoms with van der Waals surface area (Å²) in [4.78, 5) is 21.5. The van der Waals surface area contributed by atoms with Gasteiger partial charge in [-0.15, -0.1) is 0 Å². The highest BCUT2D eigenvalue weighted by Crippen LogP contribution is 2.01. The van der Waals surface area contributed by atoms with E-state index in [1.807, 2.05) is 0 Å². The molecule has 0 aromatic heterocycles. The number of methoxy groups -OCH3 is 1. The molecule has 0 amide bonds. The molecule has 0 aromatic carbocycles. The molecule has 4 nitrogen and oxygen atoms in total. The predicted molar refractivity (Wildman–Crippen MR) is 41.1 cm³/mol. The molecule has 5 heteroatoms. The molecule has 0 spiro atoms. The number of esters is 2. The van der Waals surface area contributed by atoms with Gasteiger partial charge in [-0.05, 0) is 22.9 Å². The van der Waals surface area contributed by atoms with Crippen LogP contribution in [-0.4, -0.2) is 24.6 Å². The lowest BCUT2D eigenvalue weighted by molar-refractivity contribution is -0.158. The summed E-state index contributed by atoms with van der Waals surface area (Å²) >= 11 is 2.89. The van der Waals surface area contributed by atoms with E-state index in [0.29, 0.717) is 0 Å². The van der Waals surface area contributed by atoms with E-state index in [1.54, 1.807) is 0 Å². The molecule has 11 heavy (non-hydrogen) atoms. The summed E-state index contributed by atoms with van der Waals surface area (Å²) in [6.45, 7) is 1.43. The zero-order valence-electron chi connectivity index (χ0n) is 6.30. The van der Waals surface area contributed by atoms with Crippen molar-refractivity contribution in [3.63, 3.8) is 0 Å². The maximum atomic E-state index is 10.8. The highest BCUT2D eigenvalue weighted by molar-refractivity contribution is 9.09. The first-order valence-corrected chi connectivity index (χ1v) is 4.06. The van der Waals surface area contributed by atoms with E-state index >= 15 is 0 Å². The highest BCUT2D eigenvalue weighted by Gasteiger charge is 2.22. The van der Waals surface area contributed by atoms with E-state index in [9.17, 15) is 9.59 Å². The Morgan fingerprint density at radius 3 is 2.36 bits per heavy atom. The van der Waals surface area contributed by atoms with Gasteiger partial charge in [-0.1, -0.05) is 0 Å². The number of ether oxygens (including phenoxy) is 2. The Hall–Kier alpha value is -0.580. The van der Waals surface area contributed by atoms with Crippen LogP contribution in [0.4, 0.5) is 0 Å². The molecule has 0 aromatic rings. The van der Waals surface area contributed by atoms with Crippen LogP contribution in [0.3, 0.4) is 0 Å². The van der Waals surface area contributed by atoms with Gasteiger partial charge in [0.2, 0.25) is 0 Å². The third kappa shape index (κ3) is 3.36. The van der Waals surface area contributed by atoms with E-state index < -0.39 is 17.9 Å². The Morgan fingerprint density at radius 1 is 1.45 bits per heavy atom. The molecule has 0 bridgehead atoms. The van der Waals surface area contributed by atoms with E-state index in [2.05, 4.69) is 25.4 Å². The minimum Gasteiger partial charge on any atom is -0.468 e. The average molecular weight is 225 g/mol. The van der Waals surface area contributed by atoms with Crippen LogP contribution in [0, 0.1) is 5.92 Å². The summed E-state index contributed by atoms with van der Waals surface area (Å²) in [6.07, 6.45) is 0. The largest absolute Gasteiger partial charge is 0.468 e. The van der Waals surface area contributed by atoms with Crippen molar-refractivity contribution in [3.05, 3.63) is 0 Å². The number of carbonyl (C=O) groups excluding carboxylic acids is 2. The predicted octanol–water partition coefficient (Wildman–Crippen LogP) is 0.691. The fraction of sp³-hybridized carbons (Fsp3) is 0.667. The van der Waals surface area contributed by atoms with Gasteiger partial charge in [0.25, 0.3) is 0 Å². The van der Waals surface area contributed by atoms with Gasteiger partial charge in [0.05, 0.1) is 7.11 Å². The number of hydrogen-bond acceptors (Lipinski definition) is 4. The van der Waals surface area contributed by atoms with Crippen molar-refractivity contribution in [1.82, 2.24) is 0 Å². The molecule has 0 N–H and O–H groups in total. The van der Waals surface area contributed by atoms with Crippen molar-refractivity contribution in [1.29, 1.82) is 0 Å². The van der Waals surface area contributed by atoms with Gasteiger partial charge in [-0.3, -0.25) is 9.59 Å². The summed E-state index contributed by atoms with van der Waals surface area (Å²) in [5.74, 6) is -2.03. The fourth-order valence-electron chi connectivity index (χ4n) is 0.452. The standard InChI is InChI=1S/C6H9BrO4/c1-4(5(8)10-2)6(9)11-3-7/h4H,3H2,1-2H3. The average Bonchev–Trinajstić information content (AvgIpc) is 2.02. The highest BCUT2D eigenvalue weighted by atomic mass is 79.9. The zero-order valence-corrected chi connectivity index (χ0v) is 7.88. The van der Waals surface area contributed by atoms with Gasteiger partial charge >= 0.3 is 11.9 Å². The fourth-order valence-corrected chi connectivity index (χ4v) is 0.677. The normalized spacial score (nSPS) is 11.9. The number of carbonyl (C=O) groups is 2. The van der Waals surface area contributed by atoms with Gasteiger partial charge in [0.1, 0.15) is 5.52 Å². The number of alkyl halides is 1. The first-order chi connectivity index (χ1) is 5.13. The van der Waals surface area contributed by atoms with E-state index in [-0.39, 0.29) is 5.52 Å². The minimum absolute atomic E-state index is 0.0904. The molecular formula is C6H9BrO4. The maximum Gasteiger partial charge on any atom is 0.320 e. The van der Waals surface area contributed by atoms with Gasteiger partial charge in [0, 0.05) is 0 Å². The summed E-state index contributed by atoms with van der Waals surface area (Å²) in [7, 11) is 1.22. The van der Waals surface area contributed by atoms with Crippen LogP contribution < -0.4 is 0 Å². The van der Waals surface area contributed by atoms with Crippen molar-refractivity contribution < 1.29 is 19.1 Å². The molecule has 0 aliphatic rings. The number of rotatable bonds is 3. The lowest BCUT2D eigenvalue weighted by Gasteiger charge is -2.06. The van der Waals surface area contributed by atoms with Crippen LogP contribution in [-0.2, 0) is 19.1 Å². The molecule has 0 fully saturated rings. The van der Waals surface area contributed by atoms with Crippen LogP contribution in [0.2, 0.25) is 0 Å². The maximum absolute atomic E-state index is 10.8. The first kappa shape index (κ1) is 10.4. The van der Waals surface area contributed by atoms with Crippen molar-refractivity contribution in [2.75, 3.05) is 12.6 Å². The molecule has 1 unspecified atom stereocenters. The molecular weight excluding hydrogens is 216 g/mol. The third-order valence-electron chi connectivity index (χ3n) is 1.11. The summed E-state index contributed by atoms with van der Waals surface area (Å²) in [5.41, 5.74) is 0.0904. The molecule has 0 aliphatic carbocycles. The van der Waals surface area contributed by atoms with E-state index in [0.717, 1.165) is 0 Å². The second-order valence-corrected chi connectivity index (χ2v) is 2.28. The SMILES string of the molecule is COC(=O)C(C)C(=O)OCBr. The molecule has 64 valence electrons. The van der Waals surface area contributed by atoms with Crippen LogP contribution in [0.25, 0.3) is 0 Å². The Bertz CT molecular complexity index is 157. The van der Waals surface area contributed by atoms with Gasteiger partial charge < -0.3 is 9.47 Å². The van der Waals surface area contributed by atoms with Gasteiger partial charge in [-0.25, -0.2) is 0 Å². The van der Waals surface area contributed by atoms with Crippen molar-refractivity contribution in [2.24, 2.45) is 5.92 Å². The smallest absolute Gasteiger partial charge is 0.320 e. The topological polar surface area (TPSA) is 52.6 Å². The quantitative estimate of drug-likeness (QED) is 0.403. The van der Waals surface area contributed by atoms with Crippen molar-refractivity contribution in [2.45, 2.75) is 6.92 Å². The molecule has 0 rings (SSSR count). The summed E-state index contributed by atoms with van der Waals surface area (Å²) in [5, 5.41) is 0. The third-order valence-corrected chi connectivity index (χ3v) is 1.33. The minimum atomic E-state index is -0.849.